The number of anilines is 2. The normalized spacial score (nSPS) is 16.6. The maximum atomic E-state index is 13.6. The van der Waals surface area contributed by atoms with Gasteiger partial charge in [-0.05, 0) is 54.4 Å². The molecule has 7 nitrogen and oxygen atoms in total. The van der Waals surface area contributed by atoms with Crippen molar-refractivity contribution in [3.63, 3.8) is 0 Å². The predicted octanol–water partition coefficient (Wildman–Crippen LogP) is 5.95. The summed E-state index contributed by atoms with van der Waals surface area (Å²) in [5, 5.41) is 5.79. The minimum Gasteiger partial charge on any atom is -0.438 e. The van der Waals surface area contributed by atoms with E-state index in [2.05, 4.69) is 10.6 Å². The Kier molecular flexibility index (Phi) is 7.17. The van der Waals surface area contributed by atoms with Gasteiger partial charge in [-0.15, -0.1) is 0 Å². The van der Waals surface area contributed by atoms with Crippen molar-refractivity contribution in [2.45, 2.75) is 25.6 Å². The van der Waals surface area contributed by atoms with Crippen LogP contribution in [0.2, 0.25) is 0 Å². The van der Waals surface area contributed by atoms with Crippen LogP contribution in [0.4, 0.5) is 16.2 Å². The van der Waals surface area contributed by atoms with Gasteiger partial charge in [-0.2, -0.15) is 0 Å². The fourth-order valence-electron chi connectivity index (χ4n) is 4.42. The van der Waals surface area contributed by atoms with Crippen LogP contribution in [0.5, 0.6) is 0 Å². The van der Waals surface area contributed by atoms with Crippen LogP contribution in [0, 0.1) is 6.92 Å². The van der Waals surface area contributed by atoms with Crippen LogP contribution in [-0.4, -0.2) is 28.8 Å². The van der Waals surface area contributed by atoms with E-state index in [0.717, 1.165) is 11.1 Å². The second kappa shape index (κ2) is 11.0. The molecule has 0 bridgehead atoms. The highest BCUT2D eigenvalue weighted by atomic mass is 16.6. The average Bonchev–Trinajstić information content (AvgIpc) is 3.27. The van der Waals surface area contributed by atoms with Gasteiger partial charge in [0.05, 0.1) is 6.54 Å². The fourth-order valence-corrected chi connectivity index (χ4v) is 4.42. The molecule has 2 atom stereocenters. The summed E-state index contributed by atoms with van der Waals surface area (Å²) in [6.07, 6.45) is -1.45. The summed E-state index contributed by atoms with van der Waals surface area (Å²) >= 11 is 0. The van der Waals surface area contributed by atoms with Gasteiger partial charge < -0.3 is 15.4 Å². The highest BCUT2D eigenvalue weighted by Gasteiger charge is 2.47. The molecule has 38 heavy (non-hydrogen) atoms. The zero-order valence-corrected chi connectivity index (χ0v) is 20.8. The number of carbonyl (C=O) groups is 3. The smallest absolute Gasteiger partial charge is 0.411 e. The first kappa shape index (κ1) is 24.8. The molecule has 4 aromatic rings. The van der Waals surface area contributed by atoms with Crippen molar-refractivity contribution in [1.82, 2.24) is 4.90 Å². The van der Waals surface area contributed by atoms with Crippen molar-refractivity contribution >= 4 is 29.3 Å². The molecule has 2 N–H and O–H groups in total. The number of carbonyl (C=O) groups excluding carboxylic acids is 3. The summed E-state index contributed by atoms with van der Waals surface area (Å²) in [5.74, 6) is -0.622. The molecular formula is C31H27N3O4. The zero-order valence-electron chi connectivity index (χ0n) is 20.8. The number of aryl methyl sites for hydroxylation is 1. The number of hydrogen-bond donors (Lipinski definition) is 2. The van der Waals surface area contributed by atoms with Crippen molar-refractivity contribution in [3.8, 4) is 0 Å². The first-order valence-corrected chi connectivity index (χ1v) is 12.3. The Hall–Kier alpha value is -4.91. The lowest BCUT2D eigenvalue weighted by Crippen LogP contribution is -2.43. The summed E-state index contributed by atoms with van der Waals surface area (Å²) in [6, 6.07) is 31.9. The van der Waals surface area contributed by atoms with Crippen molar-refractivity contribution in [2.24, 2.45) is 0 Å². The number of nitrogens with zero attached hydrogens (tertiary/aromatic N) is 1. The van der Waals surface area contributed by atoms with E-state index in [0.29, 0.717) is 22.5 Å². The topological polar surface area (TPSA) is 87.7 Å². The van der Waals surface area contributed by atoms with Gasteiger partial charge in [0.2, 0.25) is 0 Å². The number of nitrogens with one attached hydrogen (secondary N) is 2. The SMILES string of the molecule is Cc1ccc(CN2C(=O)OC(c3cccc(NC(=O)c4ccccc4)c3)C2C(=O)Nc2ccccc2)cc1. The maximum Gasteiger partial charge on any atom is 0.411 e. The zero-order chi connectivity index (χ0) is 26.5. The van der Waals surface area contributed by atoms with E-state index in [1.807, 2.05) is 55.5 Å². The second-order valence-corrected chi connectivity index (χ2v) is 9.16. The molecule has 1 heterocycles. The molecule has 1 fully saturated rings. The molecule has 1 saturated heterocycles. The number of ether oxygens (including phenoxy) is 1. The Morgan fingerprint density at radius 3 is 2.16 bits per heavy atom. The lowest BCUT2D eigenvalue weighted by molar-refractivity contribution is -0.121. The summed E-state index contributed by atoms with van der Waals surface area (Å²) in [4.78, 5) is 40.8. The van der Waals surface area contributed by atoms with Crippen LogP contribution >= 0.6 is 0 Å². The molecule has 3 amide bonds. The molecule has 0 radical (unpaired) electrons. The molecule has 4 aromatic carbocycles. The monoisotopic (exact) mass is 505 g/mol. The third-order valence-corrected chi connectivity index (χ3v) is 6.38. The standard InChI is InChI=1S/C31H27N3O4/c1-21-15-17-22(18-16-21)20-34-27(30(36)32-25-12-6-3-7-13-25)28(38-31(34)37)24-11-8-14-26(19-24)33-29(35)23-9-4-2-5-10-23/h2-19,27-28H,20H2,1H3,(H,32,36)(H,33,35). The van der Waals surface area contributed by atoms with Crippen LogP contribution in [0.25, 0.3) is 0 Å². The Labute approximate surface area is 221 Å². The summed E-state index contributed by atoms with van der Waals surface area (Å²) in [5.41, 5.74) is 4.26. The van der Waals surface area contributed by atoms with Crippen molar-refractivity contribution in [3.05, 3.63) is 131 Å². The highest BCUT2D eigenvalue weighted by molar-refractivity contribution is 6.04. The highest BCUT2D eigenvalue weighted by Crippen LogP contribution is 2.35. The van der Waals surface area contributed by atoms with Crippen LogP contribution in [0.15, 0.2) is 109 Å². The van der Waals surface area contributed by atoms with Gasteiger partial charge in [-0.25, -0.2) is 4.79 Å². The molecule has 2 unspecified atom stereocenters. The molecule has 0 aliphatic carbocycles. The Bertz CT molecular complexity index is 1440. The van der Waals surface area contributed by atoms with Gasteiger partial charge in [0.15, 0.2) is 12.1 Å². The molecule has 0 saturated carbocycles. The molecule has 1 aliphatic rings. The van der Waals surface area contributed by atoms with Crippen molar-refractivity contribution in [2.75, 3.05) is 10.6 Å². The first-order valence-electron chi connectivity index (χ1n) is 12.3. The van der Waals surface area contributed by atoms with E-state index in [-0.39, 0.29) is 18.4 Å². The van der Waals surface area contributed by atoms with Crippen molar-refractivity contribution < 1.29 is 19.1 Å². The number of para-hydroxylation sites is 1. The third kappa shape index (κ3) is 5.57. The predicted molar refractivity (Wildman–Crippen MR) is 146 cm³/mol. The number of benzene rings is 4. The van der Waals surface area contributed by atoms with E-state index in [1.54, 1.807) is 60.7 Å². The van der Waals surface area contributed by atoms with Gasteiger partial charge in [-0.3, -0.25) is 14.5 Å². The van der Waals surface area contributed by atoms with E-state index in [9.17, 15) is 14.4 Å². The molecule has 0 aromatic heterocycles. The van der Waals surface area contributed by atoms with E-state index < -0.39 is 18.2 Å². The lowest BCUT2D eigenvalue weighted by atomic mass is 9.99. The summed E-state index contributed by atoms with van der Waals surface area (Å²) < 4.78 is 5.79. The molecule has 7 heteroatoms. The summed E-state index contributed by atoms with van der Waals surface area (Å²) in [6.45, 7) is 2.20. The van der Waals surface area contributed by atoms with E-state index in [4.69, 9.17) is 4.74 Å². The van der Waals surface area contributed by atoms with Gasteiger partial charge in [-0.1, -0.05) is 78.4 Å². The molecule has 190 valence electrons. The third-order valence-electron chi connectivity index (χ3n) is 6.38. The molecular weight excluding hydrogens is 478 g/mol. The fraction of sp³-hybridized carbons (Fsp3) is 0.129. The van der Waals surface area contributed by atoms with Crippen LogP contribution in [-0.2, 0) is 16.1 Å². The summed E-state index contributed by atoms with van der Waals surface area (Å²) in [7, 11) is 0. The Balaban J connectivity index is 1.44. The first-order chi connectivity index (χ1) is 18.5. The lowest BCUT2D eigenvalue weighted by Gasteiger charge is -2.24. The van der Waals surface area contributed by atoms with Crippen molar-refractivity contribution in [1.29, 1.82) is 0 Å². The minimum absolute atomic E-state index is 0.215. The van der Waals surface area contributed by atoms with Gasteiger partial charge in [0.1, 0.15) is 0 Å². The van der Waals surface area contributed by atoms with E-state index >= 15 is 0 Å². The number of rotatable bonds is 7. The minimum atomic E-state index is -0.927. The maximum absolute atomic E-state index is 13.6. The Morgan fingerprint density at radius 2 is 1.45 bits per heavy atom. The molecule has 5 rings (SSSR count). The van der Waals surface area contributed by atoms with Gasteiger partial charge >= 0.3 is 6.09 Å². The van der Waals surface area contributed by atoms with E-state index in [1.165, 1.54) is 4.90 Å². The molecule has 1 aliphatic heterocycles. The van der Waals surface area contributed by atoms with Gasteiger partial charge in [0.25, 0.3) is 11.8 Å². The number of hydrogen-bond acceptors (Lipinski definition) is 4. The second-order valence-electron chi connectivity index (χ2n) is 9.16. The van der Waals surface area contributed by atoms with Crippen LogP contribution in [0.3, 0.4) is 0 Å². The Morgan fingerprint density at radius 1 is 0.789 bits per heavy atom. The van der Waals surface area contributed by atoms with Gasteiger partial charge in [0, 0.05) is 16.9 Å². The quantitative estimate of drug-likeness (QED) is 0.325. The average molecular weight is 506 g/mol. The molecule has 0 spiro atoms. The largest absolute Gasteiger partial charge is 0.438 e. The van der Waals surface area contributed by atoms with Crippen LogP contribution in [0.1, 0.15) is 33.2 Å². The number of amides is 3. The van der Waals surface area contributed by atoms with Crippen LogP contribution < -0.4 is 10.6 Å². The number of cyclic esters (lactones) is 1.